The molecule has 0 saturated carbocycles. The fraction of sp³-hybridized carbons (Fsp3) is 0.259. The lowest BCUT2D eigenvalue weighted by molar-refractivity contribution is -0.153. The highest BCUT2D eigenvalue weighted by molar-refractivity contribution is 6.30. The van der Waals surface area contributed by atoms with Crippen molar-refractivity contribution in [2.75, 3.05) is 6.54 Å². The molecule has 6 heteroatoms. The summed E-state index contributed by atoms with van der Waals surface area (Å²) in [6.07, 6.45) is 0.938. The molecule has 0 aliphatic rings. The molecule has 1 amide bonds. The normalized spacial score (nSPS) is 11.0. The number of esters is 1. The third kappa shape index (κ3) is 8.28. The quantitative estimate of drug-likeness (QED) is 0.415. The fourth-order valence-corrected chi connectivity index (χ4v) is 3.23. The summed E-state index contributed by atoms with van der Waals surface area (Å²) in [6, 6.07) is 21.8. The molecule has 0 bridgehead atoms. The Bertz CT molecular complexity index is 1070. The van der Waals surface area contributed by atoms with E-state index in [-0.39, 0.29) is 18.3 Å². The lowest BCUT2D eigenvalue weighted by atomic mass is 10.1. The van der Waals surface area contributed by atoms with Crippen LogP contribution in [-0.4, -0.2) is 24.0 Å². The first kappa shape index (κ1) is 24.3. The largest absolute Gasteiger partial charge is 0.460 e. The highest BCUT2D eigenvalue weighted by Gasteiger charge is 2.16. The summed E-state index contributed by atoms with van der Waals surface area (Å²) in [7, 11) is 0. The van der Waals surface area contributed by atoms with Crippen molar-refractivity contribution >= 4 is 23.5 Å². The molecule has 0 aromatic heterocycles. The molecule has 0 spiro atoms. The van der Waals surface area contributed by atoms with Crippen molar-refractivity contribution < 1.29 is 19.1 Å². The molecule has 0 unspecified atom stereocenters. The molecule has 0 aliphatic heterocycles. The van der Waals surface area contributed by atoms with E-state index in [1.165, 1.54) is 0 Å². The van der Waals surface area contributed by atoms with Crippen LogP contribution in [0, 0.1) is 0 Å². The molecule has 0 radical (unpaired) electrons. The Morgan fingerprint density at radius 1 is 0.818 bits per heavy atom. The average molecular weight is 466 g/mol. The van der Waals surface area contributed by atoms with E-state index in [1.54, 1.807) is 36.4 Å². The fourth-order valence-electron chi connectivity index (χ4n) is 3.10. The number of carbonyl (C=O) groups excluding carboxylic acids is 2. The van der Waals surface area contributed by atoms with Crippen LogP contribution in [0.15, 0.2) is 72.8 Å². The zero-order valence-corrected chi connectivity index (χ0v) is 19.8. The van der Waals surface area contributed by atoms with Crippen LogP contribution in [0.4, 0.5) is 0 Å². The Hall–Kier alpha value is -3.31. The Morgan fingerprint density at radius 2 is 1.36 bits per heavy atom. The van der Waals surface area contributed by atoms with Crippen molar-refractivity contribution in [3.8, 4) is 11.5 Å². The van der Waals surface area contributed by atoms with Gasteiger partial charge in [0.15, 0.2) is 0 Å². The summed E-state index contributed by atoms with van der Waals surface area (Å²) in [5.41, 5.74) is 2.02. The molecule has 0 heterocycles. The second-order valence-electron chi connectivity index (χ2n) is 8.67. The summed E-state index contributed by atoms with van der Waals surface area (Å²) < 4.78 is 11.2. The highest BCUT2D eigenvalue weighted by Crippen LogP contribution is 2.22. The Balaban J connectivity index is 1.48. The molecule has 0 fully saturated rings. The average Bonchev–Trinajstić information content (AvgIpc) is 2.75. The molecule has 3 aromatic carbocycles. The van der Waals surface area contributed by atoms with E-state index in [1.807, 2.05) is 57.2 Å². The van der Waals surface area contributed by atoms with Gasteiger partial charge in [0.25, 0.3) is 5.91 Å². The number of benzene rings is 3. The van der Waals surface area contributed by atoms with Gasteiger partial charge >= 0.3 is 5.97 Å². The zero-order valence-electron chi connectivity index (χ0n) is 19.1. The number of halogens is 1. The summed E-state index contributed by atoms with van der Waals surface area (Å²) >= 11 is 5.89. The van der Waals surface area contributed by atoms with Gasteiger partial charge in [-0.25, -0.2) is 0 Å². The van der Waals surface area contributed by atoms with E-state index in [0.717, 1.165) is 17.5 Å². The molecule has 0 atom stereocenters. The SMILES string of the molecule is CC(C)(C)OC(=O)Cc1ccc(Oc2ccc(C(=O)NCCc3ccc(Cl)cc3)cc2)cc1. The van der Waals surface area contributed by atoms with Crippen LogP contribution in [0.1, 0.15) is 42.3 Å². The van der Waals surface area contributed by atoms with Crippen LogP contribution in [0.3, 0.4) is 0 Å². The summed E-state index contributed by atoms with van der Waals surface area (Å²) in [5, 5.41) is 3.61. The maximum atomic E-state index is 12.4. The molecule has 0 saturated heterocycles. The molecule has 172 valence electrons. The summed E-state index contributed by atoms with van der Waals surface area (Å²) in [6.45, 7) is 6.07. The van der Waals surface area contributed by atoms with Crippen molar-refractivity contribution in [2.45, 2.75) is 39.2 Å². The van der Waals surface area contributed by atoms with Gasteiger partial charge in [-0.1, -0.05) is 35.9 Å². The van der Waals surface area contributed by atoms with E-state index >= 15 is 0 Å². The van der Waals surface area contributed by atoms with Crippen molar-refractivity contribution in [3.63, 3.8) is 0 Å². The maximum Gasteiger partial charge on any atom is 0.310 e. The number of nitrogens with one attached hydrogen (secondary N) is 1. The van der Waals surface area contributed by atoms with Crippen molar-refractivity contribution in [1.29, 1.82) is 0 Å². The topological polar surface area (TPSA) is 64.6 Å². The maximum absolute atomic E-state index is 12.4. The van der Waals surface area contributed by atoms with Gasteiger partial charge in [-0.2, -0.15) is 0 Å². The van der Waals surface area contributed by atoms with E-state index in [4.69, 9.17) is 21.1 Å². The van der Waals surface area contributed by atoms with Gasteiger partial charge in [-0.05, 0) is 86.8 Å². The van der Waals surface area contributed by atoms with E-state index < -0.39 is 5.60 Å². The predicted molar refractivity (Wildman–Crippen MR) is 130 cm³/mol. The van der Waals surface area contributed by atoms with Crippen molar-refractivity contribution in [3.05, 3.63) is 94.5 Å². The predicted octanol–water partition coefficient (Wildman–Crippen LogP) is 5.99. The van der Waals surface area contributed by atoms with Gasteiger partial charge in [0.05, 0.1) is 6.42 Å². The Kier molecular flexibility index (Phi) is 8.12. The third-order valence-corrected chi connectivity index (χ3v) is 4.91. The summed E-state index contributed by atoms with van der Waals surface area (Å²) in [5.74, 6) is 0.857. The first-order valence-electron chi connectivity index (χ1n) is 10.8. The standard InChI is InChI=1S/C27H28ClNO4/c1-27(2,3)33-25(30)18-20-6-12-23(13-7-20)32-24-14-8-21(9-15-24)26(31)29-17-16-19-4-10-22(28)11-5-19/h4-15H,16-18H2,1-3H3,(H,29,31). The Labute approximate surface area is 199 Å². The lowest BCUT2D eigenvalue weighted by Crippen LogP contribution is -2.25. The monoisotopic (exact) mass is 465 g/mol. The van der Waals surface area contributed by atoms with Crippen molar-refractivity contribution in [1.82, 2.24) is 5.32 Å². The van der Waals surface area contributed by atoms with Crippen LogP contribution in [0.5, 0.6) is 11.5 Å². The molecular formula is C27H28ClNO4. The zero-order chi connectivity index (χ0) is 23.8. The van der Waals surface area contributed by atoms with Gasteiger partial charge in [0.2, 0.25) is 0 Å². The van der Waals surface area contributed by atoms with Gasteiger partial charge in [0.1, 0.15) is 17.1 Å². The molecule has 0 aliphatic carbocycles. The molecule has 3 rings (SSSR count). The third-order valence-electron chi connectivity index (χ3n) is 4.66. The van der Waals surface area contributed by atoms with Crippen LogP contribution < -0.4 is 10.1 Å². The minimum atomic E-state index is -0.500. The smallest absolute Gasteiger partial charge is 0.310 e. The second kappa shape index (κ2) is 11.0. The van der Waals surface area contributed by atoms with Crippen LogP contribution in [0.25, 0.3) is 0 Å². The van der Waals surface area contributed by atoms with E-state index in [2.05, 4.69) is 5.32 Å². The molecular weight excluding hydrogens is 438 g/mol. The first-order chi connectivity index (χ1) is 15.7. The lowest BCUT2D eigenvalue weighted by Gasteiger charge is -2.19. The second-order valence-corrected chi connectivity index (χ2v) is 9.10. The molecule has 5 nitrogen and oxygen atoms in total. The van der Waals surface area contributed by atoms with Crippen LogP contribution in [0.2, 0.25) is 5.02 Å². The number of amides is 1. The minimum Gasteiger partial charge on any atom is -0.460 e. The molecule has 33 heavy (non-hydrogen) atoms. The van der Waals surface area contributed by atoms with Crippen LogP contribution in [-0.2, 0) is 22.4 Å². The number of carbonyl (C=O) groups is 2. The highest BCUT2D eigenvalue weighted by atomic mass is 35.5. The van der Waals surface area contributed by atoms with E-state index in [0.29, 0.717) is 28.6 Å². The number of ether oxygens (including phenoxy) is 2. The molecule has 3 aromatic rings. The van der Waals surface area contributed by atoms with Gasteiger partial charge in [-0.15, -0.1) is 0 Å². The molecule has 1 N–H and O–H groups in total. The van der Waals surface area contributed by atoms with Gasteiger partial charge in [-0.3, -0.25) is 9.59 Å². The van der Waals surface area contributed by atoms with E-state index in [9.17, 15) is 9.59 Å². The number of hydrogen-bond donors (Lipinski definition) is 1. The van der Waals surface area contributed by atoms with Gasteiger partial charge in [0, 0.05) is 17.1 Å². The number of rotatable bonds is 8. The Morgan fingerprint density at radius 3 is 1.94 bits per heavy atom. The number of hydrogen-bond acceptors (Lipinski definition) is 4. The van der Waals surface area contributed by atoms with Crippen molar-refractivity contribution in [2.24, 2.45) is 0 Å². The van der Waals surface area contributed by atoms with Gasteiger partial charge < -0.3 is 14.8 Å². The first-order valence-corrected chi connectivity index (χ1v) is 11.2. The minimum absolute atomic E-state index is 0.137. The van der Waals surface area contributed by atoms with Crippen LogP contribution >= 0.6 is 11.6 Å². The summed E-state index contributed by atoms with van der Waals surface area (Å²) in [4.78, 5) is 24.3.